The second-order valence-electron chi connectivity index (χ2n) is 0.805. The van der Waals surface area contributed by atoms with E-state index in [4.69, 9.17) is 25.9 Å². The Morgan fingerprint density at radius 2 is 1.09 bits per heavy atom. The van der Waals surface area contributed by atoms with Crippen LogP contribution in [0.3, 0.4) is 0 Å². The maximum absolute atomic E-state index is 10.2. The van der Waals surface area contributed by atoms with E-state index in [-0.39, 0.29) is 51.4 Å². The predicted octanol–water partition coefficient (Wildman–Crippen LogP) is -3.82. The van der Waals surface area contributed by atoms with Gasteiger partial charge in [-0.2, -0.15) is 8.42 Å². The average molecular weight is 238 g/mol. The molecule has 0 unspecified atom stereocenters. The molecule has 0 fully saturated rings. The van der Waals surface area contributed by atoms with E-state index in [1.54, 1.807) is 0 Å². The van der Waals surface area contributed by atoms with Crippen LogP contribution in [0.25, 0.3) is 0 Å². The van der Waals surface area contributed by atoms with Crippen molar-refractivity contribution in [3.05, 3.63) is 0 Å². The van der Waals surface area contributed by atoms with Gasteiger partial charge in [-0.05, 0) is 0 Å². The molecule has 0 aromatic heterocycles. The zero-order chi connectivity index (χ0) is 9.00. The van der Waals surface area contributed by atoms with Crippen LogP contribution in [0.1, 0.15) is 0 Å². The molecule has 1 N–H and O–H groups in total. The summed E-state index contributed by atoms with van der Waals surface area (Å²) in [5.41, 5.74) is 0. The minimum absolute atomic E-state index is 0. The Kier molecular flexibility index (Phi) is 11.2. The Bertz CT molecular complexity index is 215. The van der Waals surface area contributed by atoms with Crippen molar-refractivity contribution in [3.8, 4) is 0 Å². The molecule has 0 saturated carbocycles. The molecule has 0 saturated heterocycles. The van der Waals surface area contributed by atoms with Crippen molar-refractivity contribution in [1.29, 1.82) is 0 Å². The maximum Gasteiger partial charge on any atom is 1.00 e. The molecule has 64 valence electrons. The van der Waals surface area contributed by atoms with Crippen LogP contribution in [0.5, 0.6) is 0 Å². The molecule has 0 aliphatic heterocycles. The molecular weight excluding hydrogens is 237 g/mol. The van der Waals surface area contributed by atoms with E-state index in [2.05, 4.69) is 0 Å². The fourth-order valence-electron chi connectivity index (χ4n) is 0. The second kappa shape index (κ2) is 6.79. The van der Waals surface area contributed by atoms with E-state index < -0.39 is 21.0 Å². The molecule has 0 amide bonds. The maximum atomic E-state index is 10.2. The number of hydrogen-bond acceptors (Lipinski definition) is 5. The first-order chi connectivity index (χ1) is 4.00. The van der Waals surface area contributed by atoms with Crippen LogP contribution < -0.4 is 51.4 Å². The first kappa shape index (κ1) is 18.2. The summed E-state index contributed by atoms with van der Waals surface area (Å²) in [7, 11) is -10.6. The molecule has 0 bridgehead atoms. The molecule has 0 radical (unpaired) electrons. The molecule has 0 aromatic carbocycles. The quantitative estimate of drug-likeness (QED) is 0.263. The molecule has 11 heteroatoms. The third-order valence-electron chi connectivity index (χ3n) is 0. The van der Waals surface area contributed by atoms with Crippen molar-refractivity contribution < 1.29 is 85.1 Å². The van der Waals surface area contributed by atoms with E-state index in [1.165, 1.54) is 0 Å². The molecule has 0 aromatic rings. The third-order valence-corrected chi connectivity index (χ3v) is 0. The van der Waals surface area contributed by atoms with Crippen LogP contribution in [0.4, 0.5) is 7.77 Å². The van der Waals surface area contributed by atoms with Crippen LogP contribution in [-0.4, -0.2) is 25.9 Å². The fraction of sp³-hybridized carbons (Fsp3) is 0. The first-order valence-electron chi connectivity index (χ1n) is 1.32. The van der Waals surface area contributed by atoms with Crippen LogP contribution in [0.15, 0.2) is 0 Å². The van der Waals surface area contributed by atoms with Crippen LogP contribution in [-0.2, 0) is 21.0 Å². The summed E-state index contributed by atoms with van der Waals surface area (Å²) in [6.45, 7) is 0. The van der Waals surface area contributed by atoms with E-state index in [9.17, 15) is 7.77 Å². The van der Waals surface area contributed by atoms with Gasteiger partial charge in [-0.15, -0.1) is 3.89 Å². The summed E-state index contributed by atoms with van der Waals surface area (Å²) in [6.07, 6.45) is 0. The van der Waals surface area contributed by atoms with Crippen molar-refractivity contribution in [1.82, 2.24) is 0 Å². The van der Waals surface area contributed by atoms with Gasteiger partial charge >= 0.3 is 61.9 Å². The zero-order valence-electron chi connectivity index (χ0n) is 5.06. The average Bonchev–Trinajstić information content (AvgIpc) is 1.12. The predicted molar refractivity (Wildman–Crippen MR) is 23.5 cm³/mol. The first-order valence-corrected chi connectivity index (χ1v) is 3.97. The third kappa shape index (κ3) is 567. The monoisotopic (exact) mass is 238 g/mol. The smallest absolute Gasteiger partial charge is 0.722 e. The summed E-state index contributed by atoms with van der Waals surface area (Å²) in [6, 6.07) is 0. The molecule has 0 aliphatic rings. The summed E-state index contributed by atoms with van der Waals surface area (Å²) < 4.78 is 69.4. The normalized spacial score (nSPS) is 10.5. The standard InChI is InChI=1S/2FHO3S.K/c2*1-5(2,3)4;/h2*(H,2,3,4);/q;;+1/p-1. The minimum atomic E-state index is -5.42. The number of halogens is 2. The molecule has 11 heavy (non-hydrogen) atoms. The molecule has 0 spiro atoms. The van der Waals surface area contributed by atoms with Gasteiger partial charge in [0, 0.05) is 0 Å². The summed E-state index contributed by atoms with van der Waals surface area (Å²) in [5, 5.41) is 0. The van der Waals surface area contributed by atoms with Gasteiger partial charge in [-0.1, -0.05) is 3.89 Å². The van der Waals surface area contributed by atoms with Crippen LogP contribution in [0.2, 0.25) is 0 Å². The van der Waals surface area contributed by atoms with Crippen molar-refractivity contribution in [2.75, 3.05) is 0 Å². The van der Waals surface area contributed by atoms with E-state index in [1.807, 2.05) is 0 Å². The van der Waals surface area contributed by atoms with Crippen molar-refractivity contribution in [2.45, 2.75) is 0 Å². The van der Waals surface area contributed by atoms with Crippen molar-refractivity contribution in [3.63, 3.8) is 0 Å². The van der Waals surface area contributed by atoms with Crippen molar-refractivity contribution >= 4 is 21.0 Å². The van der Waals surface area contributed by atoms with E-state index in [0.29, 0.717) is 0 Å². The Hall–Kier alpha value is 1.32. The Balaban J connectivity index is -0.000000107. The number of rotatable bonds is 0. The molecule has 6 nitrogen and oxygen atoms in total. The molecule has 0 aliphatic carbocycles. The van der Waals surface area contributed by atoms with Gasteiger partial charge in [0.25, 0.3) is 10.5 Å². The van der Waals surface area contributed by atoms with Gasteiger partial charge in [-0.25, -0.2) is 8.42 Å². The fourth-order valence-corrected chi connectivity index (χ4v) is 0. The minimum Gasteiger partial charge on any atom is -0.722 e. The SMILES string of the molecule is O=S(=O)(O)F.O=S(=O)([O-])F.[K+]. The second-order valence-corrected chi connectivity index (χ2v) is 2.42. The Morgan fingerprint density at radius 1 is 1.09 bits per heavy atom. The molecule has 0 heterocycles. The van der Waals surface area contributed by atoms with Crippen LogP contribution in [0, 0.1) is 0 Å². The van der Waals surface area contributed by atoms with Gasteiger partial charge in [0.05, 0.1) is 0 Å². The zero-order valence-corrected chi connectivity index (χ0v) is 9.82. The van der Waals surface area contributed by atoms with Gasteiger partial charge in [0.15, 0.2) is 0 Å². The van der Waals surface area contributed by atoms with Gasteiger partial charge in [0.1, 0.15) is 0 Å². The molecule has 0 atom stereocenters. The molecule has 0 rings (SSSR count). The largest absolute Gasteiger partial charge is 1.00 e. The van der Waals surface area contributed by atoms with E-state index >= 15 is 0 Å². The summed E-state index contributed by atoms with van der Waals surface area (Å²) in [4.78, 5) is 0. The summed E-state index contributed by atoms with van der Waals surface area (Å²) in [5.74, 6) is 0. The van der Waals surface area contributed by atoms with Gasteiger partial charge in [0.2, 0.25) is 0 Å². The summed E-state index contributed by atoms with van der Waals surface area (Å²) >= 11 is 0. The Labute approximate surface area is 104 Å². The van der Waals surface area contributed by atoms with Crippen molar-refractivity contribution in [2.24, 2.45) is 0 Å². The number of hydrogen-bond donors (Lipinski definition) is 1. The Morgan fingerprint density at radius 3 is 1.09 bits per heavy atom. The van der Waals surface area contributed by atoms with Crippen LogP contribution >= 0.6 is 0 Å². The van der Waals surface area contributed by atoms with Gasteiger partial charge in [-0.3, -0.25) is 4.55 Å². The molecular formula is HF2KO6S2. The van der Waals surface area contributed by atoms with Gasteiger partial charge < -0.3 is 4.55 Å². The topological polar surface area (TPSA) is 112 Å². The van der Waals surface area contributed by atoms with E-state index in [0.717, 1.165) is 0 Å².